The number of benzene rings is 1. The number of nitrogens with zero attached hydrogens (tertiary/aromatic N) is 1. The van der Waals surface area contributed by atoms with Crippen molar-refractivity contribution in [3.63, 3.8) is 0 Å². The molecule has 0 aliphatic rings. The summed E-state index contributed by atoms with van der Waals surface area (Å²) in [5, 5.41) is 9.58. The first-order valence-corrected chi connectivity index (χ1v) is 6.45. The van der Waals surface area contributed by atoms with Crippen LogP contribution in [0.25, 0.3) is 5.69 Å². The van der Waals surface area contributed by atoms with Gasteiger partial charge in [-0.3, -0.25) is 0 Å². The second-order valence-electron chi connectivity index (χ2n) is 4.13. The van der Waals surface area contributed by atoms with E-state index in [0.717, 1.165) is 21.3 Å². The zero-order valence-electron chi connectivity index (χ0n) is 9.87. The Morgan fingerprint density at radius 1 is 1.33 bits per heavy atom. The van der Waals surface area contributed by atoms with Crippen molar-refractivity contribution in [2.45, 2.75) is 13.8 Å². The first-order chi connectivity index (χ1) is 8.40. The number of aryl methyl sites for hydroxylation is 2. The second-order valence-corrected chi connectivity index (χ2v) is 5.42. The lowest BCUT2D eigenvalue weighted by Gasteiger charge is -2.13. The Kier molecular flexibility index (Phi) is 3.50. The summed E-state index contributed by atoms with van der Waals surface area (Å²) < 4.78 is 2.43. The molecule has 94 valence electrons. The summed E-state index contributed by atoms with van der Waals surface area (Å²) in [5.74, 6) is -1.01. The van der Waals surface area contributed by atoms with Gasteiger partial charge in [-0.1, -0.05) is 17.7 Å². The number of rotatable bonds is 2. The van der Waals surface area contributed by atoms with Gasteiger partial charge in [-0.25, -0.2) is 4.79 Å². The van der Waals surface area contributed by atoms with Gasteiger partial charge < -0.3 is 9.67 Å². The predicted molar refractivity (Wildman–Crippen MR) is 74.9 cm³/mol. The van der Waals surface area contributed by atoms with Crippen LogP contribution in [0.2, 0.25) is 5.02 Å². The lowest BCUT2D eigenvalue weighted by atomic mass is 10.1. The Morgan fingerprint density at radius 2 is 2.00 bits per heavy atom. The topological polar surface area (TPSA) is 42.2 Å². The standard InChI is InChI=1S/C13H11BrClNO2/c1-7-3-8(2)12(10(14)4-7)16-6-9(15)5-11(16)13(17)18/h3-6H,1-2H3,(H,17,18). The van der Waals surface area contributed by atoms with E-state index in [1.165, 1.54) is 6.07 Å². The van der Waals surface area contributed by atoms with Gasteiger partial charge in [0.25, 0.3) is 0 Å². The van der Waals surface area contributed by atoms with E-state index >= 15 is 0 Å². The molecule has 0 saturated carbocycles. The summed E-state index contributed by atoms with van der Waals surface area (Å²) in [6.45, 7) is 3.93. The number of aromatic carboxylic acids is 1. The monoisotopic (exact) mass is 327 g/mol. The molecule has 0 aliphatic carbocycles. The molecular weight excluding hydrogens is 318 g/mol. The number of carboxylic acids is 1. The van der Waals surface area contributed by atoms with E-state index in [2.05, 4.69) is 15.9 Å². The van der Waals surface area contributed by atoms with Crippen molar-refractivity contribution >= 4 is 33.5 Å². The molecule has 1 heterocycles. The maximum atomic E-state index is 11.2. The fourth-order valence-corrected chi connectivity index (χ4v) is 3.06. The summed E-state index contributed by atoms with van der Waals surface area (Å²) in [6, 6.07) is 5.39. The lowest BCUT2D eigenvalue weighted by molar-refractivity contribution is 0.0688. The third-order valence-electron chi connectivity index (χ3n) is 2.64. The zero-order valence-corrected chi connectivity index (χ0v) is 12.2. The normalized spacial score (nSPS) is 10.7. The predicted octanol–water partition coefficient (Wildman–Crippen LogP) is 4.21. The van der Waals surface area contributed by atoms with E-state index in [0.29, 0.717) is 5.02 Å². The lowest BCUT2D eigenvalue weighted by Crippen LogP contribution is -2.07. The van der Waals surface area contributed by atoms with Crippen molar-refractivity contribution in [2.75, 3.05) is 0 Å². The highest BCUT2D eigenvalue weighted by atomic mass is 79.9. The van der Waals surface area contributed by atoms with Gasteiger partial charge in [-0.15, -0.1) is 0 Å². The Hall–Kier alpha value is -1.26. The summed E-state index contributed by atoms with van der Waals surface area (Å²) >= 11 is 9.37. The molecule has 0 unspecified atom stereocenters. The minimum absolute atomic E-state index is 0.146. The Morgan fingerprint density at radius 3 is 2.56 bits per heavy atom. The van der Waals surface area contributed by atoms with Gasteiger partial charge in [0.15, 0.2) is 0 Å². The Balaban J connectivity index is 2.73. The summed E-state index contributed by atoms with van der Waals surface area (Å²) in [7, 11) is 0. The van der Waals surface area contributed by atoms with E-state index in [1.54, 1.807) is 10.8 Å². The molecule has 1 N–H and O–H groups in total. The van der Waals surface area contributed by atoms with Crippen LogP contribution in [0.3, 0.4) is 0 Å². The first kappa shape index (κ1) is 13.2. The van der Waals surface area contributed by atoms with Crippen molar-refractivity contribution in [3.8, 4) is 5.69 Å². The van der Waals surface area contributed by atoms with Crippen molar-refractivity contribution in [1.29, 1.82) is 0 Å². The smallest absolute Gasteiger partial charge is 0.352 e. The Labute approximate surface area is 118 Å². The number of hydrogen-bond donors (Lipinski definition) is 1. The molecule has 0 aliphatic heterocycles. The van der Waals surface area contributed by atoms with Crippen LogP contribution in [-0.2, 0) is 0 Å². The highest BCUT2D eigenvalue weighted by Crippen LogP contribution is 2.29. The number of halogens is 2. The van der Waals surface area contributed by atoms with Crippen LogP contribution < -0.4 is 0 Å². The number of hydrogen-bond acceptors (Lipinski definition) is 1. The van der Waals surface area contributed by atoms with Crippen LogP contribution in [0.1, 0.15) is 21.6 Å². The van der Waals surface area contributed by atoms with Crippen LogP contribution in [0.15, 0.2) is 28.9 Å². The van der Waals surface area contributed by atoms with E-state index < -0.39 is 5.97 Å². The average Bonchev–Trinajstić information content (AvgIpc) is 2.58. The minimum Gasteiger partial charge on any atom is -0.477 e. The van der Waals surface area contributed by atoms with Gasteiger partial charge in [0.2, 0.25) is 0 Å². The van der Waals surface area contributed by atoms with E-state index in [4.69, 9.17) is 11.6 Å². The molecule has 0 saturated heterocycles. The minimum atomic E-state index is -1.01. The SMILES string of the molecule is Cc1cc(C)c(-n2cc(Cl)cc2C(=O)O)c(Br)c1. The van der Waals surface area contributed by atoms with Crippen molar-refractivity contribution < 1.29 is 9.90 Å². The molecular formula is C13H11BrClNO2. The molecule has 2 rings (SSSR count). The fourth-order valence-electron chi connectivity index (χ4n) is 1.99. The maximum absolute atomic E-state index is 11.2. The number of carbonyl (C=O) groups is 1. The van der Waals surface area contributed by atoms with Gasteiger partial charge in [0, 0.05) is 10.7 Å². The van der Waals surface area contributed by atoms with E-state index in [-0.39, 0.29) is 5.69 Å². The highest BCUT2D eigenvalue weighted by Gasteiger charge is 2.16. The van der Waals surface area contributed by atoms with Crippen LogP contribution in [0, 0.1) is 13.8 Å². The largest absolute Gasteiger partial charge is 0.477 e. The van der Waals surface area contributed by atoms with Crippen LogP contribution in [0.4, 0.5) is 0 Å². The van der Waals surface area contributed by atoms with Gasteiger partial charge in [-0.05, 0) is 53.0 Å². The zero-order chi connectivity index (χ0) is 13.4. The molecule has 18 heavy (non-hydrogen) atoms. The molecule has 0 radical (unpaired) electrons. The van der Waals surface area contributed by atoms with Gasteiger partial charge in [0.1, 0.15) is 5.69 Å². The van der Waals surface area contributed by atoms with Gasteiger partial charge >= 0.3 is 5.97 Å². The van der Waals surface area contributed by atoms with E-state index in [1.807, 2.05) is 26.0 Å². The third kappa shape index (κ3) is 2.31. The summed E-state index contributed by atoms with van der Waals surface area (Å²) in [6.07, 6.45) is 1.60. The molecule has 0 bridgehead atoms. The van der Waals surface area contributed by atoms with Crippen molar-refractivity contribution in [2.24, 2.45) is 0 Å². The molecule has 0 atom stereocenters. The molecule has 0 spiro atoms. The molecule has 2 aromatic rings. The summed E-state index contributed by atoms with van der Waals surface area (Å²) in [4.78, 5) is 11.2. The van der Waals surface area contributed by atoms with E-state index in [9.17, 15) is 9.90 Å². The maximum Gasteiger partial charge on any atom is 0.352 e. The molecule has 1 aromatic heterocycles. The first-order valence-electron chi connectivity index (χ1n) is 5.28. The third-order valence-corrected chi connectivity index (χ3v) is 3.46. The molecule has 5 heteroatoms. The molecule has 0 amide bonds. The number of aromatic nitrogens is 1. The Bertz CT molecular complexity index is 611. The van der Waals surface area contributed by atoms with Crippen LogP contribution in [0.5, 0.6) is 0 Å². The fraction of sp³-hybridized carbons (Fsp3) is 0.154. The highest BCUT2D eigenvalue weighted by molar-refractivity contribution is 9.10. The van der Waals surface area contributed by atoms with Crippen molar-refractivity contribution in [3.05, 3.63) is 50.7 Å². The van der Waals surface area contributed by atoms with Crippen molar-refractivity contribution in [1.82, 2.24) is 4.57 Å². The number of carboxylic acid groups (broad SMARTS) is 1. The molecule has 0 fully saturated rings. The van der Waals surface area contributed by atoms with Gasteiger partial charge in [-0.2, -0.15) is 0 Å². The van der Waals surface area contributed by atoms with Gasteiger partial charge in [0.05, 0.1) is 10.7 Å². The quantitative estimate of drug-likeness (QED) is 0.897. The van der Waals surface area contributed by atoms with Crippen LogP contribution in [-0.4, -0.2) is 15.6 Å². The summed E-state index contributed by atoms with van der Waals surface area (Å²) in [5.41, 5.74) is 3.03. The average molecular weight is 329 g/mol. The second kappa shape index (κ2) is 4.78. The molecule has 1 aromatic carbocycles. The molecule has 3 nitrogen and oxygen atoms in total. The van der Waals surface area contributed by atoms with Crippen LogP contribution >= 0.6 is 27.5 Å².